The van der Waals surface area contributed by atoms with Gasteiger partial charge in [-0.15, -0.1) is 6.58 Å². The number of aromatic hydroxyl groups is 1. The lowest BCUT2D eigenvalue weighted by Gasteiger charge is -2.08. The van der Waals surface area contributed by atoms with Gasteiger partial charge in [-0.25, -0.2) is 0 Å². The predicted molar refractivity (Wildman–Crippen MR) is 70.6 cm³/mol. The van der Waals surface area contributed by atoms with Gasteiger partial charge in [0.05, 0.1) is 0 Å². The number of nitrogens with one attached hydrogen (secondary N) is 2. The molecule has 1 aromatic carbocycles. The van der Waals surface area contributed by atoms with Crippen LogP contribution in [-0.2, 0) is 6.42 Å². The second-order valence-corrected chi connectivity index (χ2v) is 3.75. The number of phenols is 1. The molecular formula is C12H16N2OS. The van der Waals surface area contributed by atoms with Gasteiger partial charge in [0.2, 0.25) is 0 Å². The maximum Gasteiger partial charge on any atom is 0.166 e. The zero-order valence-corrected chi connectivity index (χ0v) is 9.89. The highest BCUT2D eigenvalue weighted by molar-refractivity contribution is 7.80. The van der Waals surface area contributed by atoms with Crippen LogP contribution in [0.25, 0.3) is 0 Å². The summed E-state index contributed by atoms with van der Waals surface area (Å²) in [5.74, 6) is 0.292. The quantitative estimate of drug-likeness (QED) is 0.536. The van der Waals surface area contributed by atoms with Crippen LogP contribution in [0.5, 0.6) is 5.75 Å². The number of rotatable bonds is 5. The summed E-state index contributed by atoms with van der Waals surface area (Å²) in [5.41, 5.74) is 1.16. The van der Waals surface area contributed by atoms with Gasteiger partial charge in [0, 0.05) is 13.1 Å². The third-order valence-electron chi connectivity index (χ3n) is 2.04. The van der Waals surface area contributed by atoms with Crippen LogP contribution in [0.2, 0.25) is 0 Å². The normalized spacial score (nSPS) is 9.50. The highest BCUT2D eigenvalue weighted by Crippen LogP contribution is 2.09. The Hall–Kier alpha value is -1.55. The number of thiocarbonyl (C=S) groups is 1. The van der Waals surface area contributed by atoms with E-state index in [2.05, 4.69) is 17.2 Å². The Balaban J connectivity index is 2.22. The minimum atomic E-state index is 0.292. The molecule has 1 rings (SSSR count). The molecule has 0 heterocycles. The Bertz CT molecular complexity index is 349. The second-order valence-electron chi connectivity index (χ2n) is 3.34. The predicted octanol–water partition coefficient (Wildman–Crippen LogP) is 1.58. The minimum absolute atomic E-state index is 0.292. The van der Waals surface area contributed by atoms with Gasteiger partial charge in [-0.2, -0.15) is 0 Å². The molecule has 0 unspecified atom stereocenters. The summed E-state index contributed by atoms with van der Waals surface area (Å²) >= 11 is 5.05. The van der Waals surface area contributed by atoms with Crippen molar-refractivity contribution in [1.29, 1.82) is 0 Å². The van der Waals surface area contributed by atoms with Crippen molar-refractivity contribution in [2.45, 2.75) is 6.42 Å². The van der Waals surface area contributed by atoms with Crippen molar-refractivity contribution in [1.82, 2.24) is 10.6 Å². The Morgan fingerprint density at radius 1 is 1.31 bits per heavy atom. The molecule has 0 aliphatic carbocycles. The average Bonchev–Trinajstić information content (AvgIpc) is 2.29. The molecule has 0 fully saturated rings. The van der Waals surface area contributed by atoms with Gasteiger partial charge in [0.15, 0.2) is 5.11 Å². The van der Waals surface area contributed by atoms with E-state index in [0.29, 0.717) is 17.4 Å². The molecule has 0 saturated carbocycles. The first-order chi connectivity index (χ1) is 7.72. The molecule has 16 heavy (non-hydrogen) atoms. The van der Waals surface area contributed by atoms with Crippen molar-refractivity contribution in [3.05, 3.63) is 42.5 Å². The molecule has 0 aliphatic heterocycles. The van der Waals surface area contributed by atoms with E-state index in [1.165, 1.54) is 0 Å². The van der Waals surface area contributed by atoms with Gasteiger partial charge in [0.1, 0.15) is 5.75 Å². The van der Waals surface area contributed by atoms with Crippen molar-refractivity contribution in [3.63, 3.8) is 0 Å². The first-order valence-electron chi connectivity index (χ1n) is 5.13. The van der Waals surface area contributed by atoms with E-state index >= 15 is 0 Å². The van der Waals surface area contributed by atoms with Crippen molar-refractivity contribution in [2.24, 2.45) is 0 Å². The second kappa shape index (κ2) is 6.85. The Kier molecular flexibility index (Phi) is 5.36. The third-order valence-corrected chi connectivity index (χ3v) is 2.33. The smallest absolute Gasteiger partial charge is 0.166 e. The first-order valence-corrected chi connectivity index (χ1v) is 5.53. The van der Waals surface area contributed by atoms with Gasteiger partial charge >= 0.3 is 0 Å². The van der Waals surface area contributed by atoms with Gasteiger partial charge in [-0.1, -0.05) is 18.2 Å². The molecule has 0 aliphatic rings. The van der Waals surface area contributed by atoms with E-state index in [4.69, 9.17) is 17.3 Å². The van der Waals surface area contributed by atoms with E-state index in [0.717, 1.165) is 18.5 Å². The highest BCUT2D eigenvalue weighted by Gasteiger charge is 1.95. The molecule has 1 aromatic rings. The van der Waals surface area contributed by atoms with Crippen molar-refractivity contribution in [3.8, 4) is 5.75 Å². The average molecular weight is 236 g/mol. The highest BCUT2D eigenvalue weighted by atomic mass is 32.1. The van der Waals surface area contributed by atoms with E-state index < -0.39 is 0 Å². The largest absolute Gasteiger partial charge is 0.508 e. The molecule has 4 heteroatoms. The van der Waals surface area contributed by atoms with Gasteiger partial charge in [-0.05, 0) is 36.3 Å². The molecule has 0 bridgehead atoms. The Morgan fingerprint density at radius 2 is 2.00 bits per heavy atom. The summed E-state index contributed by atoms with van der Waals surface area (Å²) < 4.78 is 0. The monoisotopic (exact) mass is 236 g/mol. The fraction of sp³-hybridized carbons (Fsp3) is 0.250. The summed E-state index contributed by atoms with van der Waals surface area (Å²) in [4.78, 5) is 0. The molecular weight excluding hydrogens is 220 g/mol. The fourth-order valence-electron chi connectivity index (χ4n) is 1.21. The number of hydrogen-bond donors (Lipinski definition) is 3. The third kappa shape index (κ3) is 4.79. The number of benzene rings is 1. The fourth-order valence-corrected chi connectivity index (χ4v) is 1.40. The molecule has 86 valence electrons. The van der Waals surface area contributed by atoms with E-state index in [1.54, 1.807) is 18.2 Å². The van der Waals surface area contributed by atoms with Crippen LogP contribution in [0, 0.1) is 0 Å². The Labute approximate surface area is 101 Å². The molecule has 3 N–H and O–H groups in total. The van der Waals surface area contributed by atoms with Crippen LogP contribution >= 0.6 is 12.2 Å². The molecule has 0 aromatic heterocycles. The lowest BCUT2D eigenvalue weighted by molar-refractivity contribution is 0.475. The maximum absolute atomic E-state index is 9.11. The molecule has 0 radical (unpaired) electrons. The van der Waals surface area contributed by atoms with Crippen molar-refractivity contribution >= 4 is 17.3 Å². The van der Waals surface area contributed by atoms with E-state index in [1.807, 2.05) is 12.1 Å². The topological polar surface area (TPSA) is 44.3 Å². The molecule has 0 spiro atoms. The Morgan fingerprint density at radius 3 is 2.62 bits per heavy atom. The van der Waals surface area contributed by atoms with Crippen molar-refractivity contribution < 1.29 is 5.11 Å². The summed E-state index contributed by atoms with van der Waals surface area (Å²) in [5, 5.41) is 15.8. The van der Waals surface area contributed by atoms with Crippen LogP contribution in [0.1, 0.15) is 5.56 Å². The number of phenolic OH excluding ortho intramolecular Hbond substituents is 1. The molecule has 3 nitrogen and oxygen atoms in total. The first kappa shape index (κ1) is 12.5. The SMILES string of the molecule is C=CCNC(=S)NCCc1ccc(O)cc1. The van der Waals surface area contributed by atoms with Gasteiger partial charge < -0.3 is 15.7 Å². The number of hydrogen-bond acceptors (Lipinski definition) is 2. The molecule has 0 saturated heterocycles. The summed E-state index contributed by atoms with van der Waals surface area (Å²) in [7, 11) is 0. The lowest BCUT2D eigenvalue weighted by Crippen LogP contribution is -2.36. The maximum atomic E-state index is 9.11. The summed E-state index contributed by atoms with van der Waals surface area (Å²) in [6.07, 6.45) is 2.63. The minimum Gasteiger partial charge on any atom is -0.508 e. The van der Waals surface area contributed by atoms with Crippen LogP contribution in [0.15, 0.2) is 36.9 Å². The van der Waals surface area contributed by atoms with E-state index in [9.17, 15) is 0 Å². The van der Waals surface area contributed by atoms with Gasteiger partial charge in [0.25, 0.3) is 0 Å². The molecule has 0 amide bonds. The van der Waals surface area contributed by atoms with Gasteiger partial charge in [-0.3, -0.25) is 0 Å². The summed E-state index contributed by atoms with van der Waals surface area (Å²) in [6.45, 7) is 5.04. The van der Waals surface area contributed by atoms with Crippen LogP contribution < -0.4 is 10.6 Å². The summed E-state index contributed by atoms with van der Waals surface area (Å²) in [6, 6.07) is 7.17. The van der Waals surface area contributed by atoms with E-state index in [-0.39, 0.29) is 0 Å². The van der Waals surface area contributed by atoms with Crippen LogP contribution in [-0.4, -0.2) is 23.3 Å². The standard InChI is InChI=1S/C12H16N2OS/c1-2-8-13-12(16)14-9-7-10-3-5-11(15)6-4-10/h2-6,15H,1,7-9H2,(H2,13,14,16). The zero-order chi connectivity index (χ0) is 11.8. The van der Waals surface area contributed by atoms with Crippen LogP contribution in [0.4, 0.5) is 0 Å². The van der Waals surface area contributed by atoms with Crippen LogP contribution in [0.3, 0.4) is 0 Å². The molecule has 0 atom stereocenters. The zero-order valence-electron chi connectivity index (χ0n) is 9.07. The van der Waals surface area contributed by atoms with Crippen molar-refractivity contribution in [2.75, 3.05) is 13.1 Å². The lowest BCUT2D eigenvalue weighted by atomic mass is 10.1.